The van der Waals surface area contributed by atoms with E-state index in [-0.39, 0.29) is 5.54 Å². The monoisotopic (exact) mass is 195 g/mol. The molecule has 0 aliphatic heterocycles. The van der Waals surface area contributed by atoms with E-state index in [2.05, 4.69) is 18.7 Å². The molecular weight excluding hydrogens is 170 g/mol. The molecule has 14 heavy (non-hydrogen) atoms. The Kier molecular flexibility index (Phi) is 7.50. The summed E-state index contributed by atoms with van der Waals surface area (Å²) in [5.41, 5.74) is 5.67. The fraction of sp³-hybridized carbons (Fsp3) is 0.692. The molecule has 0 aliphatic rings. The topological polar surface area (TPSA) is 26.0 Å². The van der Waals surface area contributed by atoms with E-state index in [4.69, 9.17) is 5.73 Å². The zero-order valence-corrected chi connectivity index (χ0v) is 9.76. The van der Waals surface area contributed by atoms with Gasteiger partial charge in [-0.1, -0.05) is 31.1 Å². The van der Waals surface area contributed by atoms with E-state index in [1.807, 2.05) is 19.9 Å². The van der Waals surface area contributed by atoms with Gasteiger partial charge >= 0.3 is 0 Å². The van der Waals surface area contributed by atoms with Gasteiger partial charge in [-0.3, -0.25) is 0 Å². The van der Waals surface area contributed by atoms with E-state index in [0.29, 0.717) is 0 Å². The summed E-state index contributed by atoms with van der Waals surface area (Å²) in [6.07, 6.45) is 13.8. The summed E-state index contributed by atoms with van der Waals surface area (Å²) in [5.74, 6) is 0. The van der Waals surface area contributed by atoms with Crippen molar-refractivity contribution in [2.45, 2.75) is 57.9 Å². The Morgan fingerprint density at radius 2 is 1.64 bits per heavy atom. The molecule has 0 bridgehead atoms. The van der Waals surface area contributed by atoms with Gasteiger partial charge in [0, 0.05) is 5.54 Å². The minimum absolute atomic E-state index is 0.150. The van der Waals surface area contributed by atoms with Gasteiger partial charge in [-0.15, -0.1) is 6.58 Å². The predicted octanol–water partition coefficient (Wildman–Crippen LogP) is 3.81. The van der Waals surface area contributed by atoms with Gasteiger partial charge in [0.05, 0.1) is 0 Å². The number of nitrogens with two attached hydrogens (primary N) is 1. The lowest BCUT2D eigenvalue weighted by Crippen LogP contribution is -2.28. The molecule has 0 saturated carbocycles. The fourth-order valence-corrected chi connectivity index (χ4v) is 1.29. The quantitative estimate of drug-likeness (QED) is 0.462. The van der Waals surface area contributed by atoms with Gasteiger partial charge in [0.25, 0.3) is 0 Å². The maximum absolute atomic E-state index is 5.82. The Morgan fingerprint density at radius 3 is 2.14 bits per heavy atom. The Morgan fingerprint density at radius 1 is 1.07 bits per heavy atom. The van der Waals surface area contributed by atoms with Crippen LogP contribution in [0, 0.1) is 0 Å². The van der Waals surface area contributed by atoms with E-state index >= 15 is 0 Å². The van der Waals surface area contributed by atoms with Crippen LogP contribution in [0.3, 0.4) is 0 Å². The van der Waals surface area contributed by atoms with Crippen LogP contribution < -0.4 is 5.73 Å². The van der Waals surface area contributed by atoms with Gasteiger partial charge in [-0.05, 0) is 39.5 Å². The van der Waals surface area contributed by atoms with Crippen molar-refractivity contribution in [1.82, 2.24) is 0 Å². The molecule has 0 radical (unpaired) electrons. The number of unbranched alkanes of at least 4 members (excludes halogenated alkanes) is 5. The molecule has 0 heterocycles. The van der Waals surface area contributed by atoms with Gasteiger partial charge in [-0.25, -0.2) is 0 Å². The number of allylic oxidation sites excluding steroid dienone is 2. The van der Waals surface area contributed by atoms with Crippen LogP contribution >= 0.6 is 0 Å². The van der Waals surface area contributed by atoms with Gasteiger partial charge in [-0.2, -0.15) is 0 Å². The van der Waals surface area contributed by atoms with Crippen molar-refractivity contribution >= 4 is 0 Å². The van der Waals surface area contributed by atoms with Crippen LogP contribution in [0.2, 0.25) is 0 Å². The maximum atomic E-state index is 5.82. The molecule has 1 heteroatoms. The van der Waals surface area contributed by atoms with Crippen LogP contribution in [0.4, 0.5) is 0 Å². The van der Waals surface area contributed by atoms with Gasteiger partial charge in [0.1, 0.15) is 0 Å². The molecule has 1 nitrogen and oxygen atoms in total. The summed E-state index contributed by atoms with van der Waals surface area (Å²) in [4.78, 5) is 0. The number of hydrogen-bond donors (Lipinski definition) is 1. The lowest BCUT2D eigenvalue weighted by Gasteiger charge is -2.11. The average molecular weight is 195 g/mol. The van der Waals surface area contributed by atoms with Crippen LogP contribution in [-0.4, -0.2) is 5.54 Å². The number of hydrogen-bond acceptors (Lipinski definition) is 1. The van der Waals surface area contributed by atoms with Crippen molar-refractivity contribution in [2.75, 3.05) is 0 Å². The van der Waals surface area contributed by atoms with Gasteiger partial charge < -0.3 is 5.73 Å². The summed E-state index contributed by atoms with van der Waals surface area (Å²) in [6.45, 7) is 7.75. The minimum Gasteiger partial charge on any atom is -0.322 e. The zero-order chi connectivity index (χ0) is 10.9. The molecule has 0 rings (SSSR count). The third-order valence-electron chi connectivity index (χ3n) is 2.08. The molecule has 0 saturated heterocycles. The van der Waals surface area contributed by atoms with Crippen LogP contribution in [-0.2, 0) is 0 Å². The lowest BCUT2D eigenvalue weighted by molar-refractivity contribution is 0.635. The number of rotatable bonds is 8. The molecule has 0 aromatic carbocycles. The standard InChI is InChI=1S/C13H25N/c1-4-5-6-7-8-9-10-11-12-13(2,3)14/h4,11-12H,1,5-10,14H2,2-3H3/b12-11-. The second-order valence-electron chi connectivity index (χ2n) is 4.50. The summed E-state index contributed by atoms with van der Waals surface area (Å²) >= 11 is 0. The van der Waals surface area contributed by atoms with Crippen molar-refractivity contribution in [3.8, 4) is 0 Å². The second kappa shape index (κ2) is 7.81. The van der Waals surface area contributed by atoms with E-state index in [0.717, 1.165) is 12.8 Å². The first-order valence-electron chi connectivity index (χ1n) is 5.64. The average Bonchev–Trinajstić information content (AvgIpc) is 2.08. The SMILES string of the molecule is C=CCCCCCC/C=C\C(C)(C)N. The molecular formula is C13H25N. The molecule has 0 fully saturated rings. The van der Waals surface area contributed by atoms with Gasteiger partial charge in [0.2, 0.25) is 0 Å². The Labute approximate surface area is 89.1 Å². The van der Waals surface area contributed by atoms with E-state index in [9.17, 15) is 0 Å². The molecule has 0 amide bonds. The van der Waals surface area contributed by atoms with Crippen LogP contribution in [0.5, 0.6) is 0 Å². The lowest BCUT2D eigenvalue weighted by atomic mass is 10.0. The summed E-state index contributed by atoms with van der Waals surface area (Å²) < 4.78 is 0. The van der Waals surface area contributed by atoms with E-state index in [1.165, 1.54) is 25.7 Å². The molecule has 0 aliphatic carbocycles. The molecule has 0 unspecified atom stereocenters. The second-order valence-corrected chi connectivity index (χ2v) is 4.50. The van der Waals surface area contributed by atoms with Crippen molar-refractivity contribution in [2.24, 2.45) is 5.73 Å². The van der Waals surface area contributed by atoms with Crippen molar-refractivity contribution < 1.29 is 0 Å². The molecule has 2 N–H and O–H groups in total. The van der Waals surface area contributed by atoms with Crippen molar-refractivity contribution in [3.05, 3.63) is 24.8 Å². The minimum atomic E-state index is -0.150. The Bertz CT molecular complexity index is 163. The molecule has 0 atom stereocenters. The molecule has 82 valence electrons. The first-order chi connectivity index (χ1) is 6.56. The fourth-order valence-electron chi connectivity index (χ4n) is 1.29. The van der Waals surface area contributed by atoms with E-state index < -0.39 is 0 Å². The third kappa shape index (κ3) is 11.4. The smallest absolute Gasteiger partial charge is 0.0281 e. The van der Waals surface area contributed by atoms with Crippen LogP contribution in [0.1, 0.15) is 52.4 Å². The highest BCUT2D eigenvalue weighted by atomic mass is 14.7. The summed E-state index contributed by atoms with van der Waals surface area (Å²) in [5, 5.41) is 0. The van der Waals surface area contributed by atoms with Gasteiger partial charge in [0.15, 0.2) is 0 Å². The predicted molar refractivity (Wildman–Crippen MR) is 65.3 cm³/mol. The summed E-state index contributed by atoms with van der Waals surface area (Å²) in [6, 6.07) is 0. The Hall–Kier alpha value is -0.560. The highest BCUT2D eigenvalue weighted by molar-refractivity contribution is 4.98. The largest absolute Gasteiger partial charge is 0.322 e. The van der Waals surface area contributed by atoms with Crippen molar-refractivity contribution in [1.29, 1.82) is 0 Å². The highest BCUT2D eigenvalue weighted by Crippen LogP contribution is 2.07. The zero-order valence-electron chi connectivity index (χ0n) is 9.76. The molecule has 0 aromatic heterocycles. The first-order valence-corrected chi connectivity index (χ1v) is 5.64. The van der Waals surface area contributed by atoms with Crippen LogP contribution in [0.15, 0.2) is 24.8 Å². The van der Waals surface area contributed by atoms with Crippen molar-refractivity contribution in [3.63, 3.8) is 0 Å². The maximum Gasteiger partial charge on any atom is 0.0281 e. The molecule has 0 aromatic rings. The molecule has 0 spiro atoms. The van der Waals surface area contributed by atoms with Crippen LogP contribution in [0.25, 0.3) is 0 Å². The normalized spacial score (nSPS) is 12.2. The Balaban J connectivity index is 3.21. The third-order valence-corrected chi connectivity index (χ3v) is 2.08. The highest BCUT2D eigenvalue weighted by Gasteiger charge is 2.02. The first kappa shape index (κ1) is 13.4. The van der Waals surface area contributed by atoms with E-state index in [1.54, 1.807) is 0 Å². The summed E-state index contributed by atoms with van der Waals surface area (Å²) in [7, 11) is 0.